The average Bonchev–Trinajstić information content (AvgIpc) is 3.28. The number of pyridine rings is 1. The minimum atomic E-state index is -2.34. The Morgan fingerprint density at radius 3 is 2.66 bits per heavy atom. The van der Waals surface area contributed by atoms with E-state index < -0.39 is 18.3 Å². The number of alkyl halides is 2. The lowest BCUT2D eigenvalue weighted by atomic mass is 10.1. The van der Waals surface area contributed by atoms with Gasteiger partial charge in [-0.05, 0) is 39.3 Å². The van der Waals surface area contributed by atoms with Crippen LogP contribution in [0.25, 0.3) is 0 Å². The molecule has 9 nitrogen and oxygen atoms in total. The molecule has 0 amide bonds. The summed E-state index contributed by atoms with van der Waals surface area (Å²) in [7, 11) is 0. The van der Waals surface area contributed by atoms with Gasteiger partial charge < -0.3 is 26.3 Å². The normalized spacial score (nSPS) is 14.9. The van der Waals surface area contributed by atoms with Crippen LogP contribution in [0, 0.1) is 5.82 Å². The molecule has 0 bridgehead atoms. The first-order chi connectivity index (χ1) is 16.7. The van der Waals surface area contributed by atoms with E-state index in [0.29, 0.717) is 31.2 Å². The van der Waals surface area contributed by atoms with Crippen LogP contribution in [-0.4, -0.2) is 59.3 Å². The summed E-state index contributed by atoms with van der Waals surface area (Å²) in [5, 5.41) is 7.53. The SMILES string of the molecule is CCN[C@H](C)c1cc(/C(N)=N/n2ccnc2C(C)OCCOCCC(N)CCC(F)F)c(F)cn1. The molecule has 0 saturated carbocycles. The monoisotopic (exact) mass is 499 g/mol. The molecule has 0 radical (unpaired) electrons. The number of amidine groups is 1. The fourth-order valence-corrected chi connectivity index (χ4v) is 3.33. The van der Waals surface area contributed by atoms with E-state index in [1.807, 2.05) is 13.8 Å². The third kappa shape index (κ3) is 9.55. The number of nitrogens with one attached hydrogen (secondary N) is 1. The number of ether oxygens (including phenoxy) is 2. The van der Waals surface area contributed by atoms with Crippen molar-refractivity contribution in [1.29, 1.82) is 0 Å². The summed E-state index contributed by atoms with van der Waals surface area (Å²) in [4.78, 5) is 8.40. The largest absolute Gasteiger partial charge is 0.382 e. The maximum atomic E-state index is 14.4. The lowest BCUT2D eigenvalue weighted by molar-refractivity contribution is 0.00545. The average molecular weight is 500 g/mol. The number of nitrogens with two attached hydrogens (primary N) is 2. The maximum Gasteiger partial charge on any atom is 0.238 e. The maximum absolute atomic E-state index is 14.4. The molecule has 2 aromatic heterocycles. The van der Waals surface area contributed by atoms with Gasteiger partial charge in [0.25, 0.3) is 0 Å². The minimum Gasteiger partial charge on any atom is -0.382 e. The quantitative estimate of drug-likeness (QED) is 0.184. The van der Waals surface area contributed by atoms with Crippen LogP contribution in [0.5, 0.6) is 0 Å². The second-order valence-corrected chi connectivity index (χ2v) is 8.13. The summed E-state index contributed by atoms with van der Waals surface area (Å²) in [5.74, 6) is -0.110. The van der Waals surface area contributed by atoms with E-state index in [9.17, 15) is 13.2 Å². The van der Waals surface area contributed by atoms with Crippen LogP contribution >= 0.6 is 0 Å². The van der Waals surface area contributed by atoms with E-state index in [4.69, 9.17) is 20.9 Å². The van der Waals surface area contributed by atoms with Crippen molar-refractivity contribution in [1.82, 2.24) is 20.0 Å². The third-order valence-corrected chi connectivity index (χ3v) is 5.32. The molecule has 5 N–H and O–H groups in total. The molecule has 0 aliphatic rings. The van der Waals surface area contributed by atoms with Crippen LogP contribution in [0.15, 0.2) is 29.8 Å². The molecule has 35 heavy (non-hydrogen) atoms. The van der Waals surface area contributed by atoms with Crippen LogP contribution in [0.4, 0.5) is 13.2 Å². The molecular formula is C23H36F3N7O2. The summed E-state index contributed by atoms with van der Waals surface area (Å²) in [5.41, 5.74) is 12.7. The summed E-state index contributed by atoms with van der Waals surface area (Å²) < 4.78 is 51.5. The Labute approximate surface area is 204 Å². The molecule has 2 unspecified atom stereocenters. The van der Waals surface area contributed by atoms with E-state index in [-0.39, 0.29) is 42.9 Å². The fourth-order valence-electron chi connectivity index (χ4n) is 3.33. The van der Waals surface area contributed by atoms with Crippen molar-refractivity contribution in [2.75, 3.05) is 26.4 Å². The van der Waals surface area contributed by atoms with Gasteiger partial charge in [0, 0.05) is 37.5 Å². The van der Waals surface area contributed by atoms with E-state index in [0.717, 1.165) is 12.7 Å². The molecule has 2 rings (SSSR count). The van der Waals surface area contributed by atoms with Crippen molar-refractivity contribution >= 4 is 5.84 Å². The molecule has 2 heterocycles. The Morgan fingerprint density at radius 2 is 1.94 bits per heavy atom. The van der Waals surface area contributed by atoms with Gasteiger partial charge in [-0.25, -0.2) is 22.8 Å². The highest BCUT2D eigenvalue weighted by Gasteiger charge is 2.16. The topological polar surface area (TPSA) is 126 Å². The molecular weight excluding hydrogens is 463 g/mol. The first-order valence-corrected chi connectivity index (χ1v) is 11.7. The highest BCUT2D eigenvalue weighted by Crippen LogP contribution is 2.17. The predicted octanol–water partition coefficient (Wildman–Crippen LogP) is 3.11. The van der Waals surface area contributed by atoms with Crippen molar-refractivity contribution in [2.24, 2.45) is 16.6 Å². The molecule has 0 aromatic carbocycles. The van der Waals surface area contributed by atoms with Crippen molar-refractivity contribution in [3.05, 3.63) is 47.6 Å². The van der Waals surface area contributed by atoms with Gasteiger partial charge in [0.2, 0.25) is 6.43 Å². The standard InChI is InChI=1S/C23H36F3N7O2/c1-4-29-15(2)20-13-18(19(24)14-31-20)22(28)32-33-9-8-30-23(33)16(3)35-12-11-34-10-7-17(27)5-6-21(25)26/h8-9,13-17,21,29H,4-7,10-12,27H2,1-3H3,(H2,28,32)/t15-,16?,17?/m1/s1. The number of imidazole rings is 1. The Bertz CT molecular complexity index is 926. The van der Waals surface area contributed by atoms with Gasteiger partial charge in [0.05, 0.1) is 30.7 Å². The van der Waals surface area contributed by atoms with Gasteiger partial charge in [0.15, 0.2) is 17.5 Å². The third-order valence-electron chi connectivity index (χ3n) is 5.32. The van der Waals surface area contributed by atoms with E-state index in [2.05, 4.69) is 20.4 Å². The zero-order valence-electron chi connectivity index (χ0n) is 20.5. The Morgan fingerprint density at radius 1 is 1.17 bits per heavy atom. The smallest absolute Gasteiger partial charge is 0.238 e. The Balaban J connectivity index is 1.90. The lowest BCUT2D eigenvalue weighted by Gasteiger charge is -2.15. The van der Waals surface area contributed by atoms with Gasteiger partial charge in [0.1, 0.15) is 6.10 Å². The highest BCUT2D eigenvalue weighted by molar-refractivity contribution is 5.97. The number of aromatic nitrogens is 3. The second-order valence-electron chi connectivity index (χ2n) is 8.13. The van der Waals surface area contributed by atoms with Gasteiger partial charge in [-0.3, -0.25) is 4.98 Å². The van der Waals surface area contributed by atoms with Gasteiger partial charge in [-0.15, -0.1) is 5.10 Å². The molecule has 0 spiro atoms. The second kappa shape index (κ2) is 14.8. The van der Waals surface area contributed by atoms with Crippen molar-refractivity contribution in [3.8, 4) is 0 Å². The molecule has 0 saturated heterocycles. The first-order valence-electron chi connectivity index (χ1n) is 11.7. The first kappa shape index (κ1) is 28.7. The molecule has 3 atom stereocenters. The number of nitrogens with zero attached hydrogens (tertiary/aromatic N) is 4. The Kier molecular flexibility index (Phi) is 12.1. The number of halogens is 3. The lowest BCUT2D eigenvalue weighted by Crippen LogP contribution is -2.23. The molecule has 0 aliphatic carbocycles. The molecule has 12 heteroatoms. The molecule has 196 valence electrons. The molecule has 0 fully saturated rings. The summed E-state index contributed by atoms with van der Waals surface area (Å²) in [6, 6.07) is 1.20. The fraction of sp³-hybridized carbons (Fsp3) is 0.609. The van der Waals surface area contributed by atoms with Gasteiger partial charge in [-0.2, -0.15) is 0 Å². The van der Waals surface area contributed by atoms with Crippen molar-refractivity contribution < 1.29 is 22.6 Å². The summed E-state index contributed by atoms with van der Waals surface area (Å²) >= 11 is 0. The van der Waals surface area contributed by atoms with Crippen molar-refractivity contribution in [3.63, 3.8) is 0 Å². The van der Waals surface area contributed by atoms with Crippen molar-refractivity contribution in [2.45, 2.75) is 64.6 Å². The van der Waals surface area contributed by atoms with E-state index in [1.165, 1.54) is 4.68 Å². The van der Waals surface area contributed by atoms with Gasteiger partial charge in [-0.1, -0.05) is 6.92 Å². The van der Waals surface area contributed by atoms with Crippen LogP contribution in [0.3, 0.4) is 0 Å². The molecule has 2 aromatic rings. The summed E-state index contributed by atoms with van der Waals surface area (Å²) in [6.07, 6.45) is 2.06. The van der Waals surface area contributed by atoms with Crippen LogP contribution in [-0.2, 0) is 9.47 Å². The number of rotatable bonds is 16. The predicted molar refractivity (Wildman–Crippen MR) is 128 cm³/mol. The summed E-state index contributed by atoms with van der Waals surface area (Å²) in [6.45, 7) is 7.41. The minimum absolute atomic E-state index is 0.0205. The van der Waals surface area contributed by atoms with E-state index >= 15 is 0 Å². The van der Waals surface area contributed by atoms with E-state index in [1.54, 1.807) is 25.4 Å². The highest BCUT2D eigenvalue weighted by atomic mass is 19.3. The zero-order valence-corrected chi connectivity index (χ0v) is 20.5. The van der Waals surface area contributed by atoms with Gasteiger partial charge >= 0.3 is 0 Å². The molecule has 0 aliphatic heterocycles. The van der Waals surface area contributed by atoms with Crippen LogP contribution in [0.2, 0.25) is 0 Å². The number of hydrogen-bond acceptors (Lipinski definition) is 7. The zero-order chi connectivity index (χ0) is 25.8. The van der Waals surface area contributed by atoms with Crippen LogP contribution in [0.1, 0.15) is 69.3 Å². The van der Waals surface area contributed by atoms with Crippen LogP contribution < -0.4 is 16.8 Å². The number of hydrogen-bond donors (Lipinski definition) is 3. The Hall–Kier alpha value is -2.54.